The zero-order valence-electron chi connectivity index (χ0n) is 16.8. The molecule has 29 heavy (non-hydrogen) atoms. The van der Waals surface area contributed by atoms with Crippen LogP contribution < -0.4 is 0 Å². The predicted molar refractivity (Wildman–Crippen MR) is 98.3 cm³/mol. The van der Waals surface area contributed by atoms with Gasteiger partial charge in [-0.05, 0) is 25.8 Å². The summed E-state index contributed by atoms with van der Waals surface area (Å²) in [5.74, 6) is -1.38. The Hall–Kier alpha value is -2.70. The van der Waals surface area contributed by atoms with E-state index >= 15 is 0 Å². The smallest absolute Gasteiger partial charge is 0.342 e. The maximum absolute atomic E-state index is 13.6. The van der Waals surface area contributed by atoms with Crippen LogP contribution in [-0.4, -0.2) is 35.7 Å². The summed E-state index contributed by atoms with van der Waals surface area (Å²) in [5, 5.41) is 0. The number of carbonyl (C=O) groups is 4. The second-order valence-corrected chi connectivity index (χ2v) is 8.99. The van der Waals surface area contributed by atoms with Gasteiger partial charge in [0.05, 0.1) is 5.41 Å². The fourth-order valence-electron chi connectivity index (χ4n) is 6.05. The fraction of sp³-hybridized carbons (Fsp3) is 0.545. The van der Waals surface area contributed by atoms with E-state index in [9.17, 15) is 19.2 Å². The number of Topliss-reactive ketones (excluding diaryl/α,β-unsaturated/α-hetero) is 2. The summed E-state index contributed by atoms with van der Waals surface area (Å²) in [6, 6.07) is 0. The van der Waals surface area contributed by atoms with Gasteiger partial charge in [0.25, 0.3) is 0 Å². The third-order valence-electron chi connectivity index (χ3n) is 7.58. The molecule has 152 valence electrons. The summed E-state index contributed by atoms with van der Waals surface area (Å²) < 4.78 is 16.9. The number of hydrogen-bond donors (Lipinski definition) is 0. The third-order valence-corrected chi connectivity index (χ3v) is 7.58. The van der Waals surface area contributed by atoms with Crippen LogP contribution in [-0.2, 0) is 24.5 Å². The molecule has 1 saturated carbocycles. The van der Waals surface area contributed by atoms with E-state index in [4.69, 9.17) is 13.9 Å². The highest BCUT2D eigenvalue weighted by Gasteiger charge is 2.63. The first-order chi connectivity index (χ1) is 13.6. The molecule has 4 aliphatic rings. The van der Waals surface area contributed by atoms with Crippen molar-refractivity contribution in [2.75, 3.05) is 0 Å². The van der Waals surface area contributed by atoms with Crippen molar-refractivity contribution in [2.45, 2.75) is 64.6 Å². The first-order valence-electron chi connectivity index (χ1n) is 9.93. The quantitative estimate of drug-likeness (QED) is 0.671. The SMILES string of the molecule is CC(=O)O[C@@H]1C[C@]2(C)C(=O)CCC2C2=C1[C@]1(C)c3c(coc3C2=O)C(=O)O[C@@H]1C. The minimum Gasteiger partial charge on any atom is -0.460 e. The van der Waals surface area contributed by atoms with Crippen LogP contribution in [0.2, 0.25) is 0 Å². The van der Waals surface area contributed by atoms with Gasteiger partial charge in [-0.1, -0.05) is 6.92 Å². The maximum atomic E-state index is 13.6. The van der Waals surface area contributed by atoms with E-state index in [-0.39, 0.29) is 28.8 Å². The minimum atomic E-state index is -0.873. The summed E-state index contributed by atoms with van der Waals surface area (Å²) in [6.07, 6.45) is 1.22. The van der Waals surface area contributed by atoms with Crippen LogP contribution in [0.25, 0.3) is 0 Å². The van der Waals surface area contributed by atoms with Crippen molar-refractivity contribution >= 4 is 23.5 Å². The Kier molecular flexibility index (Phi) is 3.45. The average molecular weight is 398 g/mol. The van der Waals surface area contributed by atoms with E-state index in [1.54, 1.807) is 6.92 Å². The average Bonchev–Trinajstić information content (AvgIpc) is 3.20. The molecule has 0 amide bonds. The molecule has 0 radical (unpaired) electrons. The molecule has 5 rings (SSSR count). The second-order valence-electron chi connectivity index (χ2n) is 8.99. The minimum absolute atomic E-state index is 0.0817. The lowest BCUT2D eigenvalue weighted by atomic mass is 9.54. The number of ketones is 2. The van der Waals surface area contributed by atoms with Gasteiger partial charge in [0, 0.05) is 42.2 Å². The largest absolute Gasteiger partial charge is 0.460 e. The summed E-state index contributed by atoms with van der Waals surface area (Å²) in [7, 11) is 0. The molecule has 5 atom stereocenters. The highest BCUT2D eigenvalue weighted by Crippen LogP contribution is 2.61. The van der Waals surface area contributed by atoms with Crippen molar-refractivity contribution in [1.29, 1.82) is 0 Å². The van der Waals surface area contributed by atoms with Gasteiger partial charge in [0.1, 0.15) is 29.8 Å². The molecule has 7 heteroatoms. The highest BCUT2D eigenvalue weighted by atomic mass is 16.6. The second kappa shape index (κ2) is 5.46. The van der Waals surface area contributed by atoms with Gasteiger partial charge in [0.2, 0.25) is 5.78 Å². The van der Waals surface area contributed by atoms with E-state index in [1.165, 1.54) is 13.2 Å². The number of allylic oxidation sites excluding steroid dienone is 1. The molecule has 0 spiro atoms. The van der Waals surface area contributed by atoms with Gasteiger partial charge in [-0.2, -0.15) is 0 Å². The lowest BCUT2D eigenvalue weighted by molar-refractivity contribution is -0.149. The van der Waals surface area contributed by atoms with Gasteiger partial charge in [-0.3, -0.25) is 14.4 Å². The van der Waals surface area contributed by atoms with Gasteiger partial charge in [0.15, 0.2) is 5.76 Å². The predicted octanol–water partition coefficient (Wildman–Crippen LogP) is 2.91. The molecule has 1 aromatic heterocycles. The third kappa shape index (κ3) is 2.03. The van der Waals surface area contributed by atoms with Crippen molar-refractivity contribution in [1.82, 2.24) is 0 Å². The molecule has 0 bridgehead atoms. The highest BCUT2D eigenvalue weighted by molar-refractivity contribution is 6.14. The molecule has 2 heterocycles. The van der Waals surface area contributed by atoms with Crippen LogP contribution in [0.1, 0.15) is 73.4 Å². The lowest BCUT2D eigenvalue weighted by Gasteiger charge is -2.51. The number of rotatable bonds is 1. The Bertz CT molecular complexity index is 1040. The van der Waals surface area contributed by atoms with Crippen molar-refractivity contribution < 1.29 is 33.1 Å². The Morgan fingerprint density at radius 3 is 2.66 bits per heavy atom. The van der Waals surface area contributed by atoms with Crippen LogP contribution in [0.15, 0.2) is 21.8 Å². The first kappa shape index (κ1) is 18.3. The Labute approximate surface area is 167 Å². The van der Waals surface area contributed by atoms with Crippen molar-refractivity contribution in [2.24, 2.45) is 11.3 Å². The van der Waals surface area contributed by atoms with Crippen LogP contribution in [0, 0.1) is 11.3 Å². The number of fused-ring (bicyclic) bond motifs is 3. The molecular formula is C22H22O7. The van der Waals surface area contributed by atoms with Crippen molar-refractivity contribution in [3.63, 3.8) is 0 Å². The standard InChI is InChI=1S/C22H22O7/c1-9-22(4)16-11(20(26)28-9)8-27-19(16)18(25)15-12-5-6-14(24)21(12,3)7-13(17(15)22)29-10(2)23/h8-9,12-13H,5-7H2,1-4H3/t9-,12?,13-,21+,22+/m1/s1. The summed E-state index contributed by atoms with van der Waals surface area (Å²) >= 11 is 0. The summed E-state index contributed by atoms with van der Waals surface area (Å²) in [6.45, 7) is 6.85. The van der Waals surface area contributed by atoms with Crippen molar-refractivity contribution in [3.8, 4) is 0 Å². The molecule has 1 fully saturated rings. The molecule has 3 aliphatic carbocycles. The zero-order valence-corrected chi connectivity index (χ0v) is 16.8. The Balaban J connectivity index is 1.83. The van der Waals surface area contributed by atoms with Crippen molar-refractivity contribution in [3.05, 3.63) is 34.3 Å². The van der Waals surface area contributed by atoms with Gasteiger partial charge in [-0.15, -0.1) is 0 Å². The molecule has 1 aromatic rings. The fourth-order valence-corrected chi connectivity index (χ4v) is 6.05. The molecule has 7 nitrogen and oxygen atoms in total. The van der Waals surface area contributed by atoms with Gasteiger partial charge in [-0.25, -0.2) is 4.79 Å². The van der Waals surface area contributed by atoms with Crippen LogP contribution in [0.3, 0.4) is 0 Å². The number of cyclic esters (lactones) is 1. The molecule has 1 unspecified atom stereocenters. The number of esters is 2. The normalized spacial score (nSPS) is 37.7. The number of ether oxygens (including phenoxy) is 2. The van der Waals surface area contributed by atoms with E-state index in [0.717, 1.165) is 0 Å². The summed E-state index contributed by atoms with van der Waals surface area (Å²) in [4.78, 5) is 50.7. The van der Waals surface area contributed by atoms with E-state index in [1.807, 2.05) is 13.8 Å². The number of furan rings is 1. The molecule has 1 aliphatic heterocycles. The molecular weight excluding hydrogens is 376 g/mol. The molecule has 0 saturated heterocycles. The molecule has 0 aromatic carbocycles. The van der Waals surface area contributed by atoms with E-state index in [0.29, 0.717) is 36.0 Å². The van der Waals surface area contributed by atoms with Gasteiger partial charge < -0.3 is 13.9 Å². The van der Waals surface area contributed by atoms with Crippen LogP contribution >= 0.6 is 0 Å². The topological polar surface area (TPSA) is 99.9 Å². The lowest BCUT2D eigenvalue weighted by Crippen LogP contribution is -2.55. The van der Waals surface area contributed by atoms with E-state index < -0.39 is 35.0 Å². The zero-order chi connectivity index (χ0) is 20.9. The van der Waals surface area contributed by atoms with Crippen LogP contribution in [0.5, 0.6) is 0 Å². The summed E-state index contributed by atoms with van der Waals surface area (Å²) in [5.41, 5.74) is 0.253. The monoisotopic (exact) mass is 398 g/mol. The Morgan fingerprint density at radius 2 is 1.97 bits per heavy atom. The number of hydrogen-bond acceptors (Lipinski definition) is 7. The van der Waals surface area contributed by atoms with E-state index in [2.05, 4.69) is 0 Å². The van der Waals surface area contributed by atoms with Gasteiger partial charge >= 0.3 is 11.9 Å². The number of carbonyl (C=O) groups excluding carboxylic acids is 4. The van der Waals surface area contributed by atoms with Crippen LogP contribution in [0.4, 0.5) is 0 Å². The first-order valence-corrected chi connectivity index (χ1v) is 9.93. The Morgan fingerprint density at radius 1 is 1.24 bits per heavy atom. The molecule has 0 N–H and O–H groups in total. The maximum Gasteiger partial charge on any atom is 0.342 e.